The summed E-state index contributed by atoms with van der Waals surface area (Å²) in [5.74, 6) is 0.709. The monoisotopic (exact) mass is 342 g/mol. The number of piperidine rings is 1. The second-order valence-electron chi connectivity index (χ2n) is 8.18. The van der Waals surface area contributed by atoms with Gasteiger partial charge < -0.3 is 10.4 Å². The summed E-state index contributed by atoms with van der Waals surface area (Å²) < 4.78 is 0. The summed E-state index contributed by atoms with van der Waals surface area (Å²) in [5, 5.41) is 13.3. The molecule has 2 heterocycles. The highest BCUT2D eigenvalue weighted by Gasteiger charge is 2.41. The summed E-state index contributed by atoms with van der Waals surface area (Å²) in [6, 6.07) is 11.4. The van der Waals surface area contributed by atoms with Crippen LogP contribution < -0.4 is 5.32 Å². The van der Waals surface area contributed by atoms with E-state index in [0.29, 0.717) is 24.5 Å². The average Bonchev–Trinajstić information content (AvgIpc) is 3.21. The van der Waals surface area contributed by atoms with Crippen LogP contribution in [0, 0.1) is 5.92 Å². The molecule has 1 saturated carbocycles. The number of benzene rings is 1. The van der Waals surface area contributed by atoms with Crippen LogP contribution in [0.3, 0.4) is 0 Å². The molecule has 2 N–H and O–H groups in total. The lowest BCUT2D eigenvalue weighted by Crippen LogP contribution is -2.49. The van der Waals surface area contributed by atoms with Crippen LogP contribution in [0.1, 0.15) is 63.0 Å². The molecule has 0 radical (unpaired) electrons. The smallest absolute Gasteiger partial charge is 0.234 e. The summed E-state index contributed by atoms with van der Waals surface area (Å²) in [5.41, 5.74) is 1.24. The van der Waals surface area contributed by atoms with E-state index in [1.807, 2.05) is 6.07 Å². The molecule has 1 aliphatic carbocycles. The molecule has 2 bridgehead atoms. The highest BCUT2D eigenvalue weighted by molar-refractivity contribution is 5.78. The molecular weight excluding hydrogens is 312 g/mol. The van der Waals surface area contributed by atoms with Crippen molar-refractivity contribution in [1.82, 2.24) is 10.2 Å². The first-order valence-electron chi connectivity index (χ1n) is 9.99. The van der Waals surface area contributed by atoms with E-state index in [-0.39, 0.29) is 18.1 Å². The Bertz CT molecular complexity index is 571. The minimum absolute atomic E-state index is 0.143. The number of aliphatic hydroxyl groups is 1. The van der Waals surface area contributed by atoms with Crippen molar-refractivity contribution in [1.29, 1.82) is 0 Å². The molecule has 1 aromatic carbocycles. The van der Waals surface area contributed by atoms with Crippen LogP contribution in [0.5, 0.6) is 0 Å². The van der Waals surface area contributed by atoms with Crippen molar-refractivity contribution in [3.8, 4) is 0 Å². The van der Waals surface area contributed by atoms with Gasteiger partial charge in [0.05, 0.1) is 18.7 Å². The number of hydrogen-bond acceptors (Lipinski definition) is 3. The standard InChI is InChI=1S/C21H30N2O2/c24-19-12-17-10-11-18(13-19)23(17)14-20(25)22-21(16-8-4-5-9-16)15-6-2-1-3-7-15/h1-3,6-7,16-19,21,24H,4-5,8-14H2,(H,22,25)/t17-,18-,21+/m0/s1. The Morgan fingerprint density at radius 3 is 2.36 bits per heavy atom. The summed E-state index contributed by atoms with van der Waals surface area (Å²) in [6.45, 7) is 0.484. The van der Waals surface area contributed by atoms with E-state index in [2.05, 4.69) is 34.5 Å². The van der Waals surface area contributed by atoms with Crippen molar-refractivity contribution in [3.05, 3.63) is 35.9 Å². The van der Waals surface area contributed by atoms with Gasteiger partial charge in [0.15, 0.2) is 0 Å². The first-order valence-corrected chi connectivity index (χ1v) is 9.99. The quantitative estimate of drug-likeness (QED) is 0.865. The highest BCUT2D eigenvalue weighted by Crippen LogP contribution is 2.37. The molecule has 4 nitrogen and oxygen atoms in total. The minimum Gasteiger partial charge on any atom is -0.393 e. The number of carbonyl (C=O) groups excluding carboxylic acids is 1. The zero-order chi connectivity index (χ0) is 17.2. The average molecular weight is 342 g/mol. The largest absolute Gasteiger partial charge is 0.393 e. The summed E-state index contributed by atoms with van der Waals surface area (Å²) in [4.78, 5) is 15.2. The van der Waals surface area contributed by atoms with Crippen molar-refractivity contribution in [2.45, 2.75) is 75.6 Å². The third-order valence-electron chi connectivity index (χ3n) is 6.53. The Kier molecular flexibility index (Phi) is 5.09. The molecule has 136 valence electrons. The third kappa shape index (κ3) is 3.75. The van der Waals surface area contributed by atoms with Crippen LogP contribution in [-0.2, 0) is 4.79 Å². The molecule has 3 atom stereocenters. The number of aliphatic hydroxyl groups excluding tert-OH is 1. The predicted molar refractivity (Wildman–Crippen MR) is 98.0 cm³/mol. The second-order valence-corrected chi connectivity index (χ2v) is 8.18. The molecule has 1 aromatic rings. The molecule has 2 aliphatic heterocycles. The van der Waals surface area contributed by atoms with Gasteiger partial charge in [0.25, 0.3) is 0 Å². The molecule has 0 unspecified atom stereocenters. The maximum Gasteiger partial charge on any atom is 0.234 e. The number of nitrogens with one attached hydrogen (secondary N) is 1. The topological polar surface area (TPSA) is 52.6 Å². The fourth-order valence-electron chi connectivity index (χ4n) is 5.31. The van der Waals surface area contributed by atoms with E-state index in [1.165, 1.54) is 31.2 Å². The van der Waals surface area contributed by atoms with Gasteiger partial charge in [-0.05, 0) is 50.0 Å². The Morgan fingerprint density at radius 1 is 1.08 bits per heavy atom. The van der Waals surface area contributed by atoms with Crippen molar-refractivity contribution >= 4 is 5.91 Å². The first kappa shape index (κ1) is 17.0. The fraction of sp³-hybridized carbons (Fsp3) is 0.667. The van der Waals surface area contributed by atoms with E-state index in [0.717, 1.165) is 25.7 Å². The Labute approximate surface area is 150 Å². The highest BCUT2D eigenvalue weighted by atomic mass is 16.3. The molecule has 0 spiro atoms. The predicted octanol–water partition coefficient (Wildman–Crippen LogP) is 3.02. The Balaban J connectivity index is 1.42. The van der Waals surface area contributed by atoms with Crippen LogP contribution in [0.2, 0.25) is 0 Å². The van der Waals surface area contributed by atoms with Gasteiger partial charge in [-0.15, -0.1) is 0 Å². The van der Waals surface area contributed by atoms with Gasteiger partial charge in [0.2, 0.25) is 5.91 Å². The Hall–Kier alpha value is -1.39. The van der Waals surface area contributed by atoms with Gasteiger partial charge in [0.1, 0.15) is 0 Å². The van der Waals surface area contributed by atoms with Gasteiger partial charge in [-0.3, -0.25) is 9.69 Å². The summed E-state index contributed by atoms with van der Waals surface area (Å²) in [7, 11) is 0. The van der Waals surface area contributed by atoms with E-state index in [1.54, 1.807) is 0 Å². The van der Waals surface area contributed by atoms with Gasteiger partial charge >= 0.3 is 0 Å². The lowest BCUT2D eigenvalue weighted by molar-refractivity contribution is -0.125. The molecule has 4 heteroatoms. The summed E-state index contributed by atoms with van der Waals surface area (Å²) >= 11 is 0. The van der Waals surface area contributed by atoms with Crippen molar-refractivity contribution in [3.63, 3.8) is 0 Å². The number of carbonyl (C=O) groups is 1. The van der Waals surface area contributed by atoms with Gasteiger partial charge in [-0.2, -0.15) is 0 Å². The van der Waals surface area contributed by atoms with Crippen molar-refractivity contribution < 1.29 is 9.90 Å². The zero-order valence-electron chi connectivity index (χ0n) is 14.9. The normalized spacial score (nSPS) is 31.2. The fourth-order valence-corrected chi connectivity index (χ4v) is 5.31. The van der Waals surface area contributed by atoms with E-state index in [9.17, 15) is 9.90 Å². The molecule has 3 aliphatic rings. The summed E-state index contributed by atoms with van der Waals surface area (Å²) in [6.07, 6.45) is 8.70. The number of rotatable bonds is 5. The molecule has 3 fully saturated rings. The lowest BCUT2D eigenvalue weighted by Gasteiger charge is -2.37. The van der Waals surface area contributed by atoms with Crippen LogP contribution in [0.4, 0.5) is 0 Å². The van der Waals surface area contributed by atoms with Crippen molar-refractivity contribution in [2.75, 3.05) is 6.54 Å². The van der Waals surface area contributed by atoms with E-state index < -0.39 is 0 Å². The van der Waals surface area contributed by atoms with Crippen LogP contribution in [-0.4, -0.2) is 40.6 Å². The molecule has 25 heavy (non-hydrogen) atoms. The number of hydrogen-bond donors (Lipinski definition) is 2. The van der Waals surface area contributed by atoms with E-state index >= 15 is 0 Å². The molecule has 4 rings (SSSR count). The molecule has 2 saturated heterocycles. The SMILES string of the molecule is O=C(CN1[C@H]2CC[C@H]1CC(O)C2)N[C@H](c1ccccc1)C1CCCC1. The molecular formula is C21H30N2O2. The molecule has 0 aromatic heterocycles. The maximum atomic E-state index is 12.8. The third-order valence-corrected chi connectivity index (χ3v) is 6.53. The van der Waals surface area contributed by atoms with Crippen LogP contribution >= 0.6 is 0 Å². The number of amides is 1. The second kappa shape index (κ2) is 7.46. The van der Waals surface area contributed by atoms with Gasteiger partial charge in [-0.25, -0.2) is 0 Å². The number of fused-ring (bicyclic) bond motifs is 2. The first-order chi connectivity index (χ1) is 12.2. The van der Waals surface area contributed by atoms with Crippen molar-refractivity contribution in [2.24, 2.45) is 5.92 Å². The van der Waals surface area contributed by atoms with Crippen LogP contribution in [0.15, 0.2) is 30.3 Å². The molecule has 1 amide bonds. The Morgan fingerprint density at radius 2 is 1.72 bits per heavy atom. The minimum atomic E-state index is -0.174. The van der Waals surface area contributed by atoms with Gasteiger partial charge in [0, 0.05) is 12.1 Å². The number of nitrogens with zero attached hydrogens (tertiary/aromatic N) is 1. The van der Waals surface area contributed by atoms with Crippen LogP contribution in [0.25, 0.3) is 0 Å². The van der Waals surface area contributed by atoms with Gasteiger partial charge in [-0.1, -0.05) is 43.2 Å². The maximum absolute atomic E-state index is 12.8. The zero-order valence-corrected chi connectivity index (χ0v) is 14.9. The van der Waals surface area contributed by atoms with E-state index in [4.69, 9.17) is 0 Å². The lowest BCUT2D eigenvalue weighted by atomic mass is 9.91.